The number of aliphatic hydroxyl groups is 1. The number of ether oxygens (including phenoxy) is 2. The van der Waals surface area contributed by atoms with E-state index in [0.29, 0.717) is 18.9 Å². The van der Waals surface area contributed by atoms with Gasteiger partial charge in [0, 0.05) is 19.4 Å². The predicted molar refractivity (Wildman–Crippen MR) is 75.8 cm³/mol. The van der Waals surface area contributed by atoms with Gasteiger partial charge in [-0.2, -0.15) is 0 Å². The van der Waals surface area contributed by atoms with E-state index < -0.39 is 5.79 Å². The van der Waals surface area contributed by atoms with Crippen LogP contribution < -0.4 is 0 Å². The first kappa shape index (κ1) is 15.0. The maximum atomic E-state index is 8.98. The fraction of sp³-hybridized carbons (Fsp3) is 0.875. The van der Waals surface area contributed by atoms with E-state index in [1.54, 1.807) is 0 Å². The molecule has 3 nitrogen and oxygen atoms in total. The molecule has 1 spiro atoms. The van der Waals surface area contributed by atoms with Gasteiger partial charge in [-0.3, -0.25) is 0 Å². The third-order valence-corrected chi connectivity index (χ3v) is 5.07. The largest absolute Gasteiger partial charge is 0.396 e. The minimum Gasteiger partial charge on any atom is -0.396 e. The van der Waals surface area contributed by atoms with Gasteiger partial charge in [-0.15, -0.1) is 0 Å². The third kappa shape index (κ3) is 3.04. The molecule has 1 fully saturated rings. The van der Waals surface area contributed by atoms with Crippen molar-refractivity contribution >= 4 is 0 Å². The molecule has 0 saturated carbocycles. The summed E-state index contributed by atoms with van der Waals surface area (Å²) in [5.41, 5.74) is 1.79. The number of allylic oxidation sites excluding steroid dienone is 1. The van der Waals surface area contributed by atoms with Gasteiger partial charge >= 0.3 is 0 Å². The Morgan fingerprint density at radius 2 is 2.21 bits per heavy atom. The summed E-state index contributed by atoms with van der Waals surface area (Å²) in [6.45, 7) is 10.0. The molecule has 2 rings (SSSR count). The Bertz CT molecular complexity index is 346. The Balaban J connectivity index is 2.00. The van der Waals surface area contributed by atoms with E-state index in [4.69, 9.17) is 14.6 Å². The monoisotopic (exact) mass is 268 g/mol. The number of hydrogen-bond acceptors (Lipinski definition) is 3. The molecule has 1 aliphatic carbocycles. The van der Waals surface area contributed by atoms with Crippen molar-refractivity contribution in [3.63, 3.8) is 0 Å². The lowest BCUT2D eigenvalue weighted by Crippen LogP contribution is -2.35. The molecule has 1 N–H and O–H groups in total. The second-order valence-corrected chi connectivity index (χ2v) is 6.78. The standard InChI is InChI=1S/C16H28O3/c1-12(2)15(3,4)13-5-8-16(9-6-13)18-11-14(19-16)7-10-17/h5,12,14,17H,6-11H2,1-4H3. The molecule has 3 heteroatoms. The lowest BCUT2D eigenvalue weighted by Gasteiger charge is -2.39. The Morgan fingerprint density at radius 1 is 1.47 bits per heavy atom. The average molecular weight is 268 g/mol. The molecule has 1 aliphatic heterocycles. The topological polar surface area (TPSA) is 38.7 Å². The lowest BCUT2D eigenvalue weighted by atomic mass is 9.70. The smallest absolute Gasteiger partial charge is 0.172 e. The molecule has 2 atom stereocenters. The molecule has 1 saturated heterocycles. The van der Waals surface area contributed by atoms with Crippen LogP contribution in [0.1, 0.15) is 53.4 Å². The summed E-state index contributed by atoms with van der Waals surface area (Å²) in [5, 5.41) is 8.98. The van der Waals surface area contributed by atoms with Gasteiger partial charge in [-0.1, -0.05) is 39.3 Å². The maximum Gasteiger partial charge on any atom is 0.172 e. The van der Waals surface area contributed by atoms with E-state index in [1.165, 1.54) is 5.57 Å². The Morgan fingerprint density at radius 3 is 2.74 bits per heavy atom. The van der Waals surface area contributed by atoms with Crippen LogP contribution in [-0.4, -0.2) is 30.2 Å². The Kier molecular flexibility index (Phi) is 4.38. The summed E-state index contributed by atoms with van der Waals surface area (Å²) < 4.78 is 11.9. The summed E-state index contributed by atoms with van der Waals surface area (Å²) in [7, 11) is 0. The second-order valence-electron chi connectivity index (χ2n) is 6.78. The quantitative estimate of drug-likeness (QED) is 0.795. The van der Waals surface area contributed by atoms with E-state index in [9.17, 15) is 0 Å². The van der Waals surface area contributed by atoms with Crippen molar-refractivity contribution < 1.29 is 14.6 Å². The predicted octanol–water partition coefficient (Wildman–Crippen LogP) is 3.27. The zero-order valence-electron chi connectivity index (χ0n) is 12.7. The third-order valence-electron chi connectivity index (χ3n) is 5.07. The highest BCUT2D eigenvalue weighted by molar-refractivity contribution is 5.18. The normalized spacial score (nSPS) is 32.1. The number of rotatable bonds is 4. The highest BCUT2D eigenvalue weighted by atomic mass is 16.7. The van der Waals surface area contributed by atoms with Gasteiger partial charge in [-0.05, 0) is 24.2 Å². The molecular weight excluding hydrogens is 240 g/mol. The molecular formula is C16H28O3. The minimum atomic E-state index is -0.406. The van der Waals surface area contributed by atoms with Crippen molar-refractivity contribution in [1.29, 1.82) is 0 Å². The van der Waals surface area contributed by atoms with Gasteiger partial charge in [0.2, 0.25) is 0 Å². The summed E-state index contributed by atoms with van der Waals surface area (Å²) in [5.74, 6) is 0.233. The zero-order chi connectivity index (χ0) is 14.1. The minimum absolute atomic E-state index is 0.0676. The Labute approximate surface area is 117 Å². The average Bonchev–Trinajstić information content (AvgIpc) is 2.73. The summed E-state index contributed by atoms with van der Waals surface area (Å²) in [4.78, 5) is 0. The van der Waals surface area contributed by atoms with E-state index in [2.05, 4.69) is 33.8 Å². The zero-order valence-corrected chi connectivity index (χ0v) is 12.7. The number of hydrogen-bond donors (Lipinski definition) is 1. The van der Waals surface area contributed by atoms with E-state index in [0.717, 1.165) is 19.3 Å². The van der Waals surface area contributed by atoms with Gasteiger partial charge in [0.25, 0.3) is 0 Å². The van der Waals surface area contributed by atoms with Crippen molar-refractivity contribution in [2.24, 2.45) is 11.3 Å². The summed E-state index contributed by atoms with van der Waals surface area (Å²) in [6, 6.07) is 0. The molecule has 2 unspecified atom stereocenters. The SMILES string of the molecule is CC(C)C(C)(C)C1=CCC2(CC1)OCC(CCO)O2. The molecule has 2 aliphatic rings. The van der Waals surface area contributed by atoms with Crippen LogP contribution in [-0.2, 0) is 9.47 Å². The first-order chi connectivity index (χ1) is 8.89. The van der Waals surface area contributed by atoms with Crippen LogP contribution in [0.2, 0.25) is 0 Å². The lowest BCUT2D eigenvalue weighted by molar-refractivity contribution is -0.174. The summed E-state index contributed by atoms with van der Waals surface area (Å²) in [6.07, 6.45) is 5.91. The van der Waals surface area contributed by atoms with Gasteiger partial charge in [0.05, 0.1) is 12.7 Å². The van der Waals surface area contributed by atoms with Gasteiger partial charge < -0.3 is 14.6 Å². The maximum absolute atomic E-state index is 8.98. The first-order valence-electron chi connectivity index (χ1n) is 7.52. The fourth-order valence-corrected chi connectivity index (χ4v) is 2.90. The molecule has 1 heterocycles. The van der Waals surface area contributed by atoms with E-state index in [1.807, 2.05) is 0 Å². The van der Waals surface area contributed by atoms with E-state index >= 15 is 0 Å². The van der Waals surface area contributed by atoms with E-state index in [-0.39, 0.29) is 18.1 Å². The highest BCUT2D eigenvalue weighted by Crippen LogP contribution is 2.45. The van der Waals surface area contributed by atoms with Crippen molar-refractivity contribution in [2.75, 3.05) is 13.2 Å². The van der Waals surface area contributed by atoms with Crippen molar-refractivity contribution in [2.45, 2.75) is 65.3 Å². The van der Waals surface area contributed by atoms with Gasteiger partial charge in [0.15, 0.2) is 5.79 Å². The molecule has 110 valence electrons. The molecule has 19 heavy (non-hydrogen) atoms. The molecule has 0 amide bonds. The fourth-order valence-electron chi connectivity index (χ4n) is 2.90. The summed E-state index contributed by atoms with van der Waals surface area (Å²) >= 11 is 0. The van der Waals surface area contributed by atoms with Crippen LogP contribution >= 0.6 is 0 Å². The molecule has 0 radical (unpaired) electrons. The first-order valence-corrected chi connectivity index (χ1v) is 7.52. The van der Waals surface area contributed by atoms with Crippen LogP contribution in [0.3, 0.4) is 0 Å². The van der Waals surface area contributed by atoms with Crippen LogP contribution in [0.5, 0.6) is 0 Å². The molecule has 0 aromatic carbocycles. The number of aliphatic hydroxyl groups excluding tert-OH is 1. The molecule has 0 bridgehead atoms. The molecule has 0 aromatic heterocycles. The van der Waals surface area contributed by atoms with Gasteiger partial charge in [0.1, 0.15) is 0 Å². The van der Waals surface area contributed by atoms with Crippen LogP contribution in [0, 0.1) is 11.3 Å². The molecule has 0 aromatic rings. The van der Waals surface area contributed by atoms with Crippen LogP contribution in [0.25, 0.3) is 0 Å². The van der Waals surface area contributed by atoms with Crippen molar-refractivity contribution in [3.05, 3.63) is 11.6 Å². The van der Waals surface area contributed by atoms with Crippen LogP contribution in [0.4, 0.5) is 0 Å². The van der Waals surface area contributed by atoms with Crippen molar-refractivity contribution in [3.8, 4) is 0 Å². The van der Waals surface area contributed by atoms with Crippen molar-refractivity contribution in [1.82, 2.24) is 0 Å². The highest BCUT2D eigenvalue weighted by Gasteiger charge is 2.43. The second kappa shape index (κ2) is 5.55. The van der Waals surface area contributed by atoms with Crippen LogP contribution in [0.15, 0.2) is 11.6 Å². The Hall–Kier alpha value is -0.380. The van der Waals surface area contributed by atoms with Gasteiger partial charge in [-0.25, -0.2) is 0 Å².